The van der Waals surface area contributed by atoms with Gasteiger partial charge in [-0.05, 0) is 54.8 Å². The number of amides is 4. The van der Waals surface area contributed by atoms with Crippen molar-refractivity contribution in [3.05, 3.63) is 64.9 Å². The largest absolute Gasteiger partial charge is 0.330 e. The van der Waals surface area contributed by atoms with Crippen molar-refractivity contribution in [1.29, 1.82) is 0 Å². The molecule has 0 radical (unpaired) electrons. The average Bonchev–Trinajstić information content (AvgIpc) is 2.79. The molecule has 2 aromatic rings. The molecule has 0 spiro atoms. The lowest BCUT2D eigenvalue weighted by Gasteiger charge is -2.42. The van der Waals surface area contributed by atoms with Gasteiger partial charge in [-0.3, -0.25) is 9.59 Å². The van der Waals surface area contributed by atoms with E-state index in [0.717, 1.165) is 0 Å². The molecule has 9 heteroatoms. The summed E-state index contributed by atoms with van der Waals surface area (Å²) in [6.45, 7) is 2.03. The summed E-state index contributed by atoms with van der Waals surface area (Å²) in [6.07, 6.45) is 1.22. The van der Waals surface area contributed by atoms with Gasteiger partial charge in [0.2, 0.25) is 0 Å². The molecule has 4 rings (SSSR count). The highest BCUT2D eigenvalue weighted by Crippen LogP contribution is 2.22. The van der Waals surface area contributed by atoms with Crippen LogP contribution in [0.5, 0.6) is 0 Å². The number of rotatable bonds is 4. The Labute approximate surface area is 190 Å². The predicted molar refractivity (Wildman–Crippen MR) is 119 cm³/mol. The molecule has 2 heterocycles. The fourth-order valence-electron chi connectivity index (χ4n) is 4.16. The van der Waals surface area contributed by atoms with Crippen molar-refractivity contribution >= 4 is 35.1 Å². The Kier molecular flexibility index (Phi) is 6.60. The van der Waals surface area contributed by atoms with Crippen LogP contribution in [0.1, 0.15) is 18.4 Å². The van der Waals surface area contributed by atoms with Crippen molar-refractivity contribution in [2.24, 2.45) is 0 Å². The maximum absolute atomic E-state index is 13.4. The van der Waals surface area contributed by atoms with Crippen molar-refractivity contribution in [3.8, 4) is 0 Å². The first-order chi connectivity index (χ1) is 15.4. The molecule has 2 aromatic carbocycles. The number of hydrogen-bond acceptors (Lipinski definition) is 3. The van der Waals surface area contributed by atoms with Gasteiger partial charge < -0.3 is 20.0 Å². The fraction of sp³-hybridized carbons (Fsp3) is 0.348. The lowest BCUT2D eigenvalue weighted by Crippen LogP contribution is -2.59. The standard InChI is InChI=1S/C23H24ClFN4O3/c24-17-4-6-19(7-5-17)26-23(32)27-10-8-20(9-11-27)29-13-12-28(21(30)22(29)31)15-16-2-1-3-18(25)14-16/h1-7,14,20H,8-13,15H2,(H,26,32). The van der Waals surface area contributed by atoms with Gasteiger partial charge in [0.15, 0.2) is 0 Å². The number of urea groups is 1. The topological polar surface area (TPSA) is 73.0 Å². The summed E-state index contributed by atoms with van der Waals surface area (Å²) < 4.78 is 13.4. The smallest absolute Gasteiger partial charge is 0.321 e. The van der Waals surface area contributed by atoms with Crippen LogP contribution in [-0.4, -0.2) is 64.8 Å². The van der Waals surface area contributed by atoms with Gasteiger partial charge in [0, 0.05) is 49.5 Å². The summed E-state index contributed by atoms with van der Waals surface area (Å²) in [7, 11) is 0. The third-order valence-corrected chi connectivity index (χ3v) is 6.14. The molecule has 2 aliphatic rings. The first kappa shape index (κ1) is 22.1. The fourth-order valence-corrected chi connectivity index (χ4v) is 4.29. The molecule has 1 N–H and O–H groups in total. The maximum Gasteiger partial charge on any atom is 0.321 e. The number of nitrogens with one attached hydrogen (secondary N) is 1. The Balaban J connectivity index is 1.29. The summed E-state index contributed by atoms with van der Waals surface area (Å²) in [4.78, 5) is 42.7. The zero-order valence-corrected chi connectivity index (χ0v) is 18.2. The quantitative estimate of drug-likeness (QED) is 0.714. The molecule has 0 saturated carbocycles. The van der Waals surface area contributed by atoms with Crippen LogP contribution in [0.3, 0.4) is 0 Å². The number of anilines is 1. The molecule has 2 saturated heterocycles. The van der Waals surface area contributed by atoms with Crippen LogP contribution in [-0.2, 0) is 16.1 Å². The maximum atomic E-state index is 13.4. The second kappa shape index (κ2) is 9.56. The first-order valence-corrected chi connectivity index (χ1v) is 10.9. The molecular formula is C23H24ClFN4O3. The number of carbonyl (C=O) groups is 3. The monoisotopic (exact) mass is 458 g/mol. The summed E-state index contributed by atoms with van der Waals surface area (Å²) in [5.74, 6) is -1.47. The van der Waals surface area contributed by atoms with E-state index >= 15 is 0 Å². The van der Waals surface area contributed by atoms with Gasteiger partial charge in [0.1, 0.15) is 5.82 Å². The van der Waals surface area contributed by atoms with Crippen molar-refractivity contribution in [2.75, 3.05) is 31.5 Å². The van der Waals surface area contributed by atoms with Gasteiger partial charge in [-0.25, -0.2) is 9.18 Å². The Bertz CT molecular complexity index is 1010. The van der Waals surface area contributed by atoms with Gasteiger partial charge in [-0.1, -0.05) is 23.7 Å². The van der Waals surface area contributed by atoms with E-state index in [9.17, 15) is 18.8 Å². The lowest BCUT2D eigenvalue weighted by molar-refractivity contribution is -0.158. The molecule has 0 bridgehead atoms. The van der Waals surface area contributed by atoms with Gasteiger partial charge in [0.25, 0.3) is 0 Å². The second-order valence-electron chi connectivity index (χ2n) is 8.01. The molecule has 168 valence electrons. The number of carbonyl (C=O) groups excluding carboxylic acids is 3. The van der Waals surface area contributed by atoms with Gasteiger partial charge >= 0.3 is 17.8 Å². The molecule has 7 nitrogen and oxygen atoms in total. The molecule has 0 aromatic heterocycles. The minimum Gasteiger partial charge on any atom is -0.330 e. The van der Waals surface area contributed by atoms with Crippen LogP contribution in [0, 0.1) is 5.82 Å². The number of piperazine rings is 1. The number of nitrogens with zero attached hydrogens (tertiary/aromatic N) is 3. The van der Waals surface area contributed by atoms with Gasteiger partial charge in [0.05, 0.1) is 0 Å². The molecular weight excluding hydrogens is 435 g/mol. The van der Waals surface area contributed by atoms with Crippen molar-refractivity contribution in [3.63, 3.8) is 0 Å². The summed E-state index contributed by atoms with van der Waals surface area (Å²) >= 11 is 5.87. The molecule has 0 aliphatic carbocycles. The van der Waals surface area contributed by atoms with Gasteiger partial charge in [-0.2, -0.15) is 0 Å². The van der Waals surface area contributed by atoms with Gasteiger partial charge in [-0.15, -0.1) is 0 Å². The summed E-state index contributed by atoms with van der Waals surface area (Å²) in [5.41, 5.74) is 1.32. The van der Waals surface area contributed by atoms with E-state index in [4.69, 9.17) is 11.6 Å². The third-order valence-electron chi connectivity index (χ3n) is 5.89. The van der Waals surface area contributed by atoms with Crippen LogP contribution < -0.4 is 5.32 Å². The molecule has 0 atom stereocenters. The van der Waals surface area contributed by atoms with Crippen LogP contribution in [0.2, 0.25) is 5.02 Å². The van der Waals surface area contributed by atoms with E-state index in [0.29, 0.717) is 55.3 Å². The lowest BCUT2D eigenvalue weighted by atomic mass is 10.0. The molecule has 32 heavy (non-hydrogen) atoms. The van der Waals surface area contributed by atoms with Crippen molar-refractivity contribution in [1.82, 2.24) is 14.7 Å². The Hall–Kier alpha value is -3.13. The van der Waals surface area contributed by atoms with Crippen LogP contribution in [0.4, 0.5) is 14.9 Å². The minimum atomic E-state index is -0.566. The Morgan fingerprint density at radius 2 is 1.72 bits per heavy atom. The summed E-state index contributed by atoms with van der Waals surface area (Å²) in [6, 6.07) is 12.6. The first-order valence-electron chi connectivity index (χ1n) is 10.6. The highest BCUT2D eigenvalue weighted by Gasteiger charge is 2.38. The van der Waals surface area contributed by atoms with E-state index in [1.165, 1.54) is 17.0 Å². The van der Waals surface area contributed by atoms with E-state index in [-0.39, 0.29) is 24.4 Å². The predicted octanol–water partition coefficient (Wildman–Crippen LogP) is 3.35. The molecule has 4 amide bonds. The Morgan fingerprint density at radius 1 is 1.00 bits per heavy atom. The molecule has 0 unspecified atom stereocenters. The van der Waals surface area contributed by atoms with E-state index in [1.54, 1.807) is 46.2 Å². The highest BCUT2D eigenvalue weighted by molar-refractivity contribution is 6.35. The minimum absolute atomic E-state index is 0.0812. The van der Waals surface area contributed by atoms with Crippen molar-refractivity contribution in [2.45, 2.75) is 25.4 Å². The highest BCUT2D eigenvalue weighted by atomic mass is 35.5. The average molecular weight is 459 g/mol. The number of benzene rings is 2. The SMILES string of the molecule is O=C(Nc1ccc(Cl)cc1)N1CCC(N2CCN(Cc3cccc(F)c3)C(=O)C2=O)CC1. The molecule has 2 aliphatic heterocycles. The van der Waals surface area contributed by atoms with Crippen molar-refractivity contribution < 1.29 is 18.8 Å². The Morgan fingerprint density at radius 3 is 2.41 bits per heavy atom. The summed E-state index contributed by atoms with van der Waals surface area (Å²) in [5, 5.41) is 3.44. The van der Waals surface area contributed by atoms with E-state index < -0.39 is 11.8 Å². The van der Waals surface area contributed by atoms with Crippen LogP contribution in [0.25, 0.3) is 0 Å². The third kappa shape index (κ3) is 5.02. The van der Waals surface area contributed by atoms with E-state index in [1.807, 2.05) is 0 Å². The van der Waals surface area contributed by atoms with Crippen LogP contribution >= 0.6 is 11.6 Å². The van der Waals surface area contributed by atoms with E-state index in [2.05, 4.69) is 5.32 Å². The number of halogens is 2. The zero-order valence-electron chi connectivity index (χ0n) is 17.5. The zero-order chi connectivity index (χ0) is 22.7. The number of piperidine rings is 1. The second-order valence-corrected chi connectivity index (χ2v) is 8.45. The number of likely N-dealkylation sites (tertiary alicyclic amines) is 1. The number of hydrogen-bond donors (Lipinski definition) is 1. The molecule has 2 fully saturated rings. The van der Waals surface area contributed by atoms with Crippen LogP contribution in [0.15, 0.2) is 48.5 Å². The normalized spacial score (nSPS) is 17.6.